The van der Waals surface area contributed by atoms with Gasteiger partial charge in [-0.2, -0.15) is 0 Å². The lowest BCUT2D eigenvalue weighted by molar-refractivity contribution is -0.274. The molecule has 0 heterocycles. The maximum Gasteiger partial charge on any atom is 0.573 e. The molecule has 0 saturated carbocycles. The summed E-state index contributed by atoms with van der Waals surface area (Å²) < 4.78 is 70.3. The molecular weight excluding hydrogens is 415 g/mol. The number of ether oxygens (including phenoxy) is 2. The fraction of sp³-hybridized carbons (Fsp3) is 0.278. The summed E-state index contributed by atoms with van der Waals surface area (Å²) in [6.07, 6.45) is -4.54. The van der Waals surface area contributed by atoms with Crippen LogP contribution in [0.2, 0.25) is 0 Å². The Morgan fingerprint density at radius 2 is 1.52 bits per heavy atom. The van der Waals surface area contributed by atoms with Gasteiger partial charge in [-0.15, -0.1) is 13.2 Å². The normalized spacial score (nSPS) is 12.9. The summed E-state index contributed by atoms with van der Waals surface area (Å²) in [5.41, 5.74) is 0. The molecule has 0 fully saturated rings. The third kappa shape index (κ3) is 6.95. The number of hydrogen-bond acceptors (Lipinski definition) is 6. The Labute approximate surface area is 165 Å². The van der Waals surface area contributed by atoms with E-state index >= 15 is 0 Å². The number of carbonyl (C=O) groups excluding carboxylic acids is 1. The smallest absolute Gasteiger partial charge is 0.457 e. The van der Waals surface area contributed by atoms with Crippen molar-refractivity contribution >= 4 is 16.2 Å². The maximum atomic E-state index is 12.3. The summed E-state index contributed by atoms with van der Waals surface area (Å²) in [4.78, 5) is 10.5. The monoisotopic (exact) mass is 433 g/mol. The zero-order valence-corrected chi connectivity index (χ0v) is 16.0. The highest BCUT2D eigenvalue weighted by molar-refractivity contribution is 7.91. The Kier molecular flexibility index (Phi) is 7.09. The Morgan fingerprint density at radius 1 is 1.03 bits per heavy atom. The minimum Gasteiger partial charge on any atom is -0.457 e. The predicted octanol–water partition coefficient (Wildman–Crippen LogP) is 3.78. The van der Waals surface area contributed by atoms with Crippen LogP contribution in [-0.2, 0) is 14.6 Å². The Balaban J connectivity index is 2.00. The minimum absolute atomic E-state index is 0.0292. The van der Waals surface area contributed by atoms with Gasteiger partial charge in [0.25, 0.3) is 0 Å². The molecule has 0 bridgehead atoms. The van der Waals surface area contributed by atoms with E-state index in [-0.39, 0.29) is 35.0 Å². The molecule has 0 spiro atoms. The molecule has 2 aromatic carbocycles. The molecule has 2 rings (SSSR count). The van der Waals surface area contributed by atoms with Gasteiger partial charge < -0.3 is 9.47 Å². The Hall–Kier alpha value is -2.79. The number of hydrogen-bond donors (Lipinski definition) is 1. The van der Waals surface area contributed by atoms with Gasteiger partial charge in [0.1, 0.15) is 17.2 Å². The first-order valence-electron chi connectivity index (χ1n) is 8.29. The van der Waals surface area contributed by atoms with Crippen LogP contribution in [0.25, 0.3) is 0 Å². The van der Waals surface area contributed by atoms with E-state index in [1.54, 1.807) is 0 Å². The van der Waals surface area contributed by atoms with E-state index in [2.05, 4.69) is 4.74 Å². The first-order valence-corrected chi connectivity index (χ1v) is 9.94. The van der Waals surface area contributed by atoms with Gasteiger partial charge in [-0.1, -0.05) is 0 Å². The van der Waals surface area contributed by atoms with Crippen molar-refractivity contribution in [3.8, 4) is 17.2 Å². The largest absolute Gasteiger partial charge is 0.573 e. The third-order valence-corrected chi connectivity index (χ3v) is 5.60. The van der Waals surface area contributed by atoms with E-state index in [0.29, 0.717) is 5.06 Å². The summed E-state index contributed by atoms with van der Waals surface area (Å²) in [6.45, 7) is 1.51. The van der Waals surface area contributed by atoms with Crippen molar-refractivity contribution < 1.29 is 41.1 Å². The fourth-order valence-electron chi connectivity index (χ4n) is 2.24. The molecule has 2 aromatic rings. The van der Waals surface area contributed by atoms with Crippen molar-refractivity contribution in [3.63, 3.8) is 0 Å². The second-order valence-corrected chi connectivity index (χ2v) is 8.14. The topological polar surface area (TPSA) is 93.1 Å². The van der Waals surface area contributed by atoms with Crippen LogP contribution in [-0.4, -0.2) is 43.3 Å². The molecule has 0 aromatic heterocycles. The molecular formula is C18H18F3NO6S. The van der Waals surface area contributed by atoms with Crippen LogP contribution < -0.4 is 9.47 Å². The van der Waals surface area contributed by atoms with Crippen molar-refractivity contribution in [2.45, 2.75) is 30.6 Å². The molecule has 0 saturated heterocycles. The second-order valence-electron chi connectivity index (χ2n) is 6.03. The molecule has 0 aliphatic heterocycles. The van der Waals surface area contributed by atoms with E-state index in [4.69, 9.17) is 4.74 Å². The average molecular weight is 433 g/mol. The molecule has 0 aliphatic rings. The van der Waals surface area contributed by atoms with Crippen LogP contribution in [0.1, 0.15) is 13.3 Å². The zero-order valence-electron chi connectivity index (χ0n) is 15.2. The summed E-state index contributed by atoms with van der Waals surface area (Å²) in [5.74, 6) is -0.151. The number of amides is 1. The van der Waals surface area contributed by atoms with Gasteiger partial charge in [-0.25, -0.2) is 13.5 Å². The van der Waals surface area contributed by atoms with Crippen LogP contribution >= 0.6 is 0 Å². The third-order valence-electron chi connectivity index (χ3n) is 3.84. The molecule has 0 aliphatic carbocycles. The predicted molar refractivity (Wildman–Crippen MR) is 95.5 cm³/mol. The van der Waals surface area contributed by atoms with Crippen LogP contribution in [0.4, 0.5) is 13.2 Å². The highest BCUT2D eigenvalue weighted by Crippen LogP contribution is 2.28. The van der Waals surface area contributed by atoms with Gasteiger partial charge in [0.2, 0.25) is 6.41 Å². The van der Waals surface area contributed by atoms with Gasteiger partial charge in [-0.05, 0) is 61.9 Å². The Bertz CT molecular complexity index is 914. The zero-order chi connectivity index (χ0) is 21.7. The summed E-state index contributed by atoms with van der Waals surface area (Å²) in [7, 11) is -3.64. The molecule has 29 heavy (non-hydrogen) atoms. The molecule has 7 nitrogen and oxygen atoms in total. The number of benzene rings is 2. The van der Waals surface area contributed by atoms with Crippen LogP contribution in [0.3, 0.4) is 0 Å². The van der Waals surface area contributed by atoms with Crippen LogP contribution in [0.5, 0.6) is 17.2 Å². The lowest BCUT2D eigenvalue weighted by Crippen LogP contribution is -2.30. The van der Waals surface area contributed by atoms with E-state index < -0.39 is 28.0 Å². The standard InChI is InChI=1S/C18H18F3NO6S/c1-13(22(24)12-23)10-11-29(25,26)17-8-6-15(7-9-17)27-14-2-4-16(5-3-14)28-18(19,20)21/h2-9,12-13,24H,10-11H2,1H3/t13-/m1/s1. The summed E-state index contributed by atoms with van der Waals surface area (Å²) >= 11 is 0. The van der Waals surface area contributed by atoms with Crippen molar-refractivity contribution in [2.24, 2.45) is 0 Å². The summed E-state index contributed by atoms with van der Waals surface area (Å²) in [5, 5.41) is 9.63. The number of rotatable bonds is 9. The highest BCUT2D eigenvalue weighted by atomic mass is 32.2. The van der Waals surface area contributed by atoms with E-state index in [0.717, 1.165) is 12.1 Å². The SMILES string of the molecule is C[C@H](CCS(=O)(=O)c1ccc(Oc2ccc(OC(F)(F)F)cc2)cc1)N(O)C=O. The van der Waals surface area contributed by atoms with Crippen molar-refractivity contribution in [1.82, 2.24) is 5.06 Å². The van der Waals surface area contributed by atoms with Gasteiger partial charge in [0.05, 0.1) is 16.7 Å². The van der Waals surface area contributed by atoms with Crippen LogP contribution in [0, 0.1) is 0 Å². The number of alkyl halides is 3. The number of sulfone groups is 1. The molecule has 1 atom stereocenters. The first-order chi connectivity index (χ1) is 13.5. The fourth-order valence-corrected chi connectivity index (χ4v) is 3.68. The number of carbonyl (C=O) groups is 1. The maximum absolute atomic E-state index is 12.3. The molecule has 0 unspecified atom stereocenters. The quantitative estimate of drug-likeness (QED) is 0.368. The van der Waals surface area contributed by atoms with Crippen molar-refractivity contribution in [2.75, 3.05) is 5.75 Å². The summed E-state index contributed by atoms with van der Waals surface area (Å²) in [6, 6.07) is 9.54. The molecule has 0 radical (unpaired) electrons. The second kappa shape index (κ2) is 9.14. The minimum atomic E-state index is -4.79. The average Bonchev–Trinajstić information content (AvgIpc) is 2.66. The lowest BCUT2D eigenvalue weighted by Gasteiger charge is -2.17. The first kappa shape index (κ1) is 22.5. The Morgan fingerprint density at radius 3 is 2.00 bits per heavy atom. The van der Waals surface area contributed by atoms with E-state index in [9.17, 15) is 31.6 Å². The van der Waals surface area contributed by atoms with Crippen molar-refractivity contribution in [3.05, 3.63) is 48.5 Å². The molecule has 11 heteroatoms. The highest BCUT2D eigenvalue weighted by Gasteiger charge is 2.31. The van der Waals surface area contributed by atoms with Gasteiger partial charge in [-0.3, -0.25) is 10.0 Å². The van der Waals surface area contributed by atoms with E-state index in [1.807, 2.05) is 0 Å². The van der Waals surface area contributed by atoms with Gasteiger partial charge >= 0.3 is 6.36 Å². The molecule has 1 N–H and O–H groups in total. The van der Waals surface area contributed by atoms with Crippen LogP contribution in [0.15, 0.2) is 53.4 Å². The van der Waals surface area contributed by atoms with Crippen molar-refractivity contribution in [1.29, 1.82) is 0 Å². The van der Waals surface area contributed by atoms with Gasteiger partial charge in [0.15, 0.2) is 9.84 Å². The molecule has 158 valence electrons. The number of nitrogens with zero attached hydrogens (tertiary/aromatic N) is 1. The number of hydroxylamine groups is 2. The lowest BCUT2D eigenvalue weighted by atomic mass is 10.3. The van der Waals surface area contributed by atoms with E-state index in [1.165, 1.54) is 43.3 Å². The molecule has 1 amide bonds. The number of halogens is 3. The van der Waals surface area contributed by atoms with Gasteiger partial charge in [0, 0.05) is 0 Å².